The summed E-state index contributed by atoms with van der Waals surface area (Å²) in [5.41, 5.74) is 3.83. The highest BCUT2D eigenvalue weighted by atomic mass is 127. The molecule has 0 aliphatic heterocycles. The van der Waals surface area contributed by atoms with Crippen LogP contribution in [0.1, 0.15) is 35.6 Å². The number of pyridine rings is 1. The molecule has 0 saturated heterocycles. The first-order chi connectivity index (χ1) is 11.1. The van der Waals surface area contributed by atoms with Crippen molar-refractivity contribution in [1.82, 2.24) is 10.0 Å². The van der Waals surface area contributed by atoms with Crippen LogP contribution in [0.5, 0.6) is 0 Å². The molecule has 2 aliphatic rings. The number of hydrogen-bond donors (Lipinski definition) is 0. The number of benzene rings is 1. The van der Waals surface area contributed by atoms with Crippen molar-refractivity contribution < 1.29 is 9.63 Å². The molecule has 4 nitrogen and oxygen atoms in total. The molecule has 2 aliphatic carbocycles. The third-order valence-corrected chi connectivity index (χ3v) is 6.25. The Morgan fingerprint density at radius 2 is 2.13 bits per heavy atom. The largest absolute Gasteiger partial charge is 0.275 e. The monoisotopic (exact) mass is 422 g/mol. The van der Waals surface area contributed by atoms with Gasteiger partial charge in [-0.25, -0.2) is 5.06 Å². The van der Waals surface area contributed by atoms with Crippen molar-refractivity contribution >= 4 is 39.3 Å². The molecule has 0 spiro atoms. The van der Waals surface area contributed by atoms with Crippen molar-refractivity contribution in [2.75, 3.05) is 14.2 Å². The lowest BCUT2D eigenvalue weighted by Gasteiger charge is -2.17. The van der Waals surface area contributed by atoms with Crippen LogP contribution in [0, 0.1) is 9.49 Å². The summed E-state index contributed by atoms with van der Waals surface area (Å²) in [4.78, 5) is 22.1. The molecule has 0 N–H and O–H groups in total. The predicted octanol–water partition coefficient (Wildman–Crippen LogP) is 3.45. The van der Waals surface area contributed by atoms with Gasteiger partial charge in [0.15, 0.2) is 0 Å². The van der Waals surface area contributed by atoms with E-state index in [0.29, 0.717) is 5.92 Å². The van der Waals surface area contributed by atoms with E-state index in [1.165, 1.54) is 56.2 Å². The molecule has 1 amide bonds. The second-order valence-corrected chi connectivity index (χ2v) is 7.64. The van der Waals surface area contributed by atoms with Crippen LogP contribution < -0.4 is 0 Å². The summed E-state index contributed by atoms with van der Waals surface area (Å²) < 4.78 is 1.29. The van der Waals surface area contributed by atoms with Crippen LogP contribution in [-0.4, -0.2) is 30.1 Å². The molecule has 1 heterocycles. The van der Waals surface area contributed by atoms with Gasteiger partial charge in [0, 0.05) is 39.7 Å². The molecule has 1 unspecified atom stereocenters. The summed E-state index contributed by atoms with van der Waals surface area (Å²) >= 11 is 2.44. The van der Waals surface area contributed by atoms with Gasteiger partial charge in [-0.2, -0.15) is 0 Å². The molecule has 1 saturated carbocycles. The van der Waals surface area contributed by atoms with Gasteiger partial charge in [-0.05, 0) is 76.9 Å². The maximum absolute atomic E-state index is 12.4. The fraction of sp³-hybridized carbons (Fsp3) is 0.444. The van der Waals surface area contributed by atoms with E-state index in [1.54, 1.807) is 7.05 Å². The van der Waals surface area contributed by atoms with Gasteiger partial charge in [-0.3, -0.25) is 14.6 Å². The van der Waals surface area contributed by atoms with Gasteiger partial charge in [0.05, 0.1) is 7.11 Å². The number of nitrogens with zero attached hydrogens (tertiary/aromatic N) is 2. The fourth-order valence-corrected chi connectivity index (χ4v) is 4.51. The molecule has 1 atom stereocenters. The number of fused-ring (bicyclic) bond motifs is 2. The Labute approximate surface area is 149 Å². The van der Waals surface area contributed by atoms with Crippen LogP contribution in [-0.2, 0) is 22.5 Å². The van der Waals surface area contributed by atoms with Crippen molar-refractivity contribution in [1.29, 1.82) is 0 Å². The summed E-state index contributed by atoms with van der Waals surface area (Å²) in [6.07, 6.45) is 6.12. The molecule has 1 fully saturated rings. The summed E-state index contributed by atoms with van der Waals surface area (Å²) in [5, 5.41) is 3.82. The van der Waals surface area contributed by atoms with Gasteiger partial charge in [0.1, 0.15) is 0 Å². The average molecular weight is 422 g/mol. The van der Waals surface area contributed by atoms with Crippen LogP contribution in [0.25, 0.3) is 10.8 Å². The van der Waals surface area contributed by atoms with Gasteiger partial charge in [0.25, 0.3) is 0 Å². The standard InChI is InChI=1S/C18H19IN2O2/c1-21(23-2)18(22)12-5-11-6-13-9-20-16(10-3-4-10)8-15(13)17(19)14(11)7-12/h6,8-10,12H,3-5,7H2,1-2H3. The van der Waals surface area contributed by atoms with Crippen LogP contribution in [0.2, 0.25) is 0 Å². The van der Waals surface area contributed by atoms with E-state index in [1.807, 2.05) is 6.20 Å². The third kappa shape index (κ3) is 2.63. The Bertz CT molecular complexity index is 801. The molecule has 1 aromatic heterocycles. The second kappa shape index (κ2) is 5.70. The normalized spacial score (nSPS) is 19.9. The third-order valence-electron chi connectivity index (χ3n) is 5.02. The zero-order chi connectivity index (χ0) is 16.1. The minimum Gasteiger partial charge on any atom is -0.275 e. The van der Waals surface area contributed by atoms with E-state index in [2.05, 4.69) is 39.7 Å². The minimum absolute atomic E-state index is 0.0175. The molecular formula is C18H19IN2O2. The first kappa shape index (κ1) is 15.3. The average Bonchev–Trinajstić information content (AvgIpc) is 3.33. The maximum Gasteiger partial charge on any atom is 0.249 e. The lowest BCUT2D eigenvalue weighted by Crippen LogP contribution is -2.32. The van der Waals surface area contributed by atoms with E-state index in [0.717, 1.165) is 12.8 Å². The molecule has 0 bridgehead atoms. The van der Waals surface area contributed by atoms with Crippen LogP contribution in [0.15, 0.2) is 18.3 Å². The van der Waals surface area contributed by atoms with Crippen molar-refractivity contribution in [3.8, 4) is 0 Å². The molecule has 4 rings (SSSR count). The zero-order valence-electron chi connectivity index (χ0n) is 13.3. The molecule has 1 aromatic carbocycles. The van der Waals surface area contributed by atoms with Gasteiger partial charge in [0.2, 0.25) is 5.91 Å². The molecule has 120 valence electrons. The lowest BCUT2D eigenvalue weighted by atomic mass is 10.0. The first-order valence-corrected chi connectivity index (χ1v) is 9.08. The summed E-state index contributed by atoms with van der Waals surface area (Å²) in [6, 6.07) is 4.47. The van der Waals surface area contributed by atoms with E-state index in [4.69, 9.17) is 4.84 Å². The quantitative estimate of drug-likeness (QED) is 0.562. The molecule has 2 aromatic rings. The second-order valence-electron chi connectivity index (χ2n) is 6.56. The molecule has 0 radical (unpaired) electrons. The van der Waals surface area contributed by atoms with Crippen LogP contribution in [0.3, 0.4) is 0 Å². The van der Waals surface area contributed by atoms with Crippen molar-refractivity contribution in [3.05, 3.63) is 38.7 Å². The molecule has 5 heteroatoms. The van der Waals surface area contributed by atoms with Crippen molar-refractivity contribution in [2.45, 2.75) is 31.6 Å². The van der Waals surface area contributed by atoms with Gasteiger partial charge in [-0.1, -0.05) is 0 Å². The number of carbonyl (C=O) groups is 1. The molecular weight excluding hydrogens is 403 g/mol. The smallest absolute Gasteiger partial charge is 0.249 e. The van der Waals surface area contributed by atoms with Gasteiger partial charge < -0.3 is 0 Å². The Hall–Kier alpha value is -1.21. The summed E-state index contributed by atoms with van der Waals surface area (Å²) in [5.74, 6) is 0.699. The summed E-state index contributed by atoms with van der Waals surface area (Å²) in [6.45, 7) is 0. The van der Waals surface area contributed by atoms with E-state index in [9.17, 15) is 4.79 Å². The van der Waals surface area contributed by atoms with E-state index < -0.39 is 0 Å². The Balaban J connectivity index is 1.72. The summed E-state index contributed by atoms with van der Waals surface area (Å²) in [7, 11) is 3.21. The van der Waals surface area contributed by atoms with Gasteiger partial charge in [-0.15, -0.1) is 0 Å². The number of rotatable bonds is 3. The first-order valence-electron chi connectivity index (χ1n) is 8.00. The minimum atomic E-state index is -0.0175. The van der Waals surface area contributed by atoms with E-state index in [-0.39, 0.29) is 11.8 Å². The Morgan fingerprint density at radius 3 is 2.83 bits per heavy atom. The highest BCUT2D eigenvalue weighted by molar-refractivity contribution is 14.1. The maximum atomic E-state index is 12.4. The lowest BCUT2D eigenvalue weighted by molar-refractivity contribution is -0.173. The number of amides is 1. The Kier molecular flexibility index (Phi) is 3.80. The number of carbonyl (C=O) groups excluding carboxylic acids is 1. The van der Waals surface area contributed by atoms with E-state index >= 15 is 0 Å². The van der Waals surface area contributed by atoms with Gasteiger partial charge >= 0.3 is 0 Å². The van der Waals surface area contributed by atoms with Crippen molar-refractivity contribution in [2.24, 2.45) is 5.92 Å². The number of aromatic nitrogens is 1. The van der Waals surface area contributed by atoms with Crippen molar-refractivity contribution in [3.63, 3.8) is 0 Å². The van der Waals surface area contributed by atoms with Crippen LogP contribution in [0.4, 0.5) is 0 Å². The predicted molar refractivity (Wildman–Crippen MR) is 97.1 cm³/mol. The topological polar surface area (TPSA) is 42.4 Å². The fourth-order valence-electron chi connectivity index (χ4n) is 3.48. The molecule has 23 heavy (non-hydrogen) atoms. The highest BCUT2D eigenvalue weighted by Gasteiger charge is 2.32. The zero-order valence-corrected chi connectivity index (χ0v) is 15.5. The number of hydroxylamine groups is 2. The van der Waals surface area contributed by atoms with Crippen LogP contribution >= 0.6 is 22.6 Å². The number of hydrogen-bond acceptors (Lipinski definition) is 3. The SMILES string of the molecule is CON(C)C(=O)C1Cc2cc3cnc(C4CC4)cc3c(I)c2C1. The Morgan fingerprint density at radius 1 is 1.35 bits per heavy atom. The number of halogens is 1. The highest BCUT2D eigenvalue weighted by Crippen LogP contribution is 2.41.